The van der Waals surface area contributed by atoms with Crippen molar-refractivity contribution in [2.75, 3.05) is 0 Å². The predicted molar refractivity (Wildman–Crippen MR) is 138 cm³/mol. The average Bonchev–Trinajstić information content (AvgIpc) is 2.77. The van der Waals surface area contributed by atoms with Crippen LogP contribution in [0.4, 0.5) is 0 Å². The van der Waals surface area contributed by atoms with Crippen LogP contribution in [0.25, 0.3) is 43.1 Å². The number of halogens is 2. The molecule has 0 unspecified atom stereocenters. The summed E-state index contributed by atoms with van der Waals surface area (Å²) in [7, 11) is 0. The first kappa shape index (κ1) is 19.3. The van der Waals surface area contributed by atoms with E-state index in [9.17, 15) is 0 Å². The Morgan fingerprint density at radius 1 is 0.367 bits per heavy atom. The van der Waals surface area contributed by atoms with Crippen LogP contribution in [0.1, 0.15) is 0 Å². The molecule has 6 aromatic rings. The second-order valence-electron chi connectivity index (χ2n) is 7.35. The van der Waals surface area contributed by atoms with Gasteiger partial charge >= 0.3 is 0 Å². The van der Waals surface area contributed by atoms with E-state index in [-0.39, 0.29) is 0 Å². The first-order valence-electron chi connectivity index (χ1n) is 9.82. The average molecular weight is 514 g/mol. The Morgan fingerprint density at radius 3 is 1.53 bits per heavy atom. The summed E-state index contributed by atoms with van der Waals surface area (Å²) in [6.45, 7) is 0. The van der Waals surface area contributed by atoms with E-state index in [0.29, 0.717) is 0 Å². The van der Waals surface area contributed by atoms with Crippen molar-refractivity contribution in [1.29, 1.82) is 0 Å². The van der Waals surface area contributed by atoms with E-state index >= 15 is 0 Å². The zero-order valence-electron chi connectivity index (χ0n) is 16.1. The van der Waals surface area contributed by atoms with Crippen molar-refractivity contribution in [3.8, 4) is 0 Å². The molecular formula is C28H18Br2. The highest BCUT2D eigenvalue weighted by atomic mass is 79.9. The van der Waals surface area contributed by atoms with E-state index in [1.807, 2.05) is 0 Å². The zero-order chi connectivity index (χ0) is 20.5. The first-order valence-corrected chi connectivity index (χ1v) is 11.4. The second kappa shape index (κ2) is 8.22. The fourth-order valence-electron chi connectivity index (χ4n) is 3.84. The summed E-state index contributed by atoms with van der Waals surface area (Å²) in [6.07, 6.45) is 0. The number of hydrogen-bond acceptors (Lipinski definition) is 0. The van der Waals surface area contributed by atoms with Crippen LogP contribution in [0.5, 0.6) is 0 Å². The molecule has 6 aromatic carbocycles. The smallest absolute Gasteiger partial charge is 0.0253 e. The lowest BCUT2D eigenvalue weighted by atomic mass is 10.0. The quantitative estimate of drug-likeness (QED) is 0.177. The van der Waals surface area contributed by atoms with Crippen molar-refractivity contribution in [3.63, 3.8) is 0 Å². The van der Waals surface area contributed by atoms with Crippen LogP contribution in [0.15, 0.2) is 118 Å². The lowest BCUT2D eigenvalue weighted by molar-refractivity contribution is 1.72. The van der Waals surface area contributed by atoms with Crippen molar-refractivity contribution in [1.82, 2.24) is 0 Å². The molecule has 0 aromatic heterocycles. The molecule has 0 bridgehead atoms. The molecule has 0 spiro atoms. The van der Waals surface area contributed by atoms with Crippen LogP contribution >= 0.6 is 31.9 Å². The molecule has 0 saturated heterocycles. The van der Waals surface area contributed by atoms with Gasteiger partial charge in [0.25, 0.3) is 0 Å². The highest BCUT2D eigenvalue weighted by Crippen LogP contribution is 2.28. The van der Waals surface area contributed by atoms with Crippen LogP contribution in [-0.2, 0) is 0 Å². The van der Waals surface area contributed by atoms with Gasteiger partial charge in [-0.05, 0) is 85.6 Å². The number of benzene rings is 6. The van der Waals surface area contributed by atoms with Gasteiger partial charge in [-0.25, -0.2) is 0 Å². The molecule has 0 saturated carbocycles. The monoisotopic (exact) mass is 512 g/mol. The maximum atomic E-state index is 3.58. The van der Waals surface area contributed by atoms with Crippen LogP contribution in [0.2, 0.25) is 0 Å². The van der Waals surface area contributed by atoms with Gasteiger partial charge < -0.3 is 0 Å². The molecule has 0 N–H and O–H groups in total. The van der Waals surface area contributed by atoms with Gasteiger partial charge in [-0.2, -0.15) is 0 Å². The van der Waals surface area contributed by atoms with Gasteiger partial charge in [0.05, 0.1) is 0 Å². The Labute approximate surface area is 192 Å². The number of rotatable bonds is 0. The van der Waals surface area contributed by atoms with Gasteiger partial charge in [0, 0.05) is 8.95 Å². The molecule has 0 aliphatic carbocycles. The third-order valence-corrected chi connectivity index (χ3v) is 6.55. The minimum atomic E-state index is 1.13. The molecule has 0 aliphatic rings. The van der Waals surface area contributed by atoms with Gasteiger partial charge in [-0.1, -0.05) is 98.6 Å². The van der Waals surface area contributed by atoms with E-state index in [1.165, 1.54) is 43.1 Å². The molecule has 2 heteroatoms. The molecule has 0 radical (unpaired) electrons. The van der Waals surface area contributed by atoms with Gasteiger partial charge in [0.15, 0.2) is 0 Å². The van der Waals surface area contributed by atoms with E-state index in [2.05, 4.69) is 141 Å². The number of hydrogen-bond donors (Lipinski definition) is 0. The van der Waals surface area contributed by atoms with Crippen molar-refractivity contribution in [2.45, 2.75) is 0 Å². The Kier molecular flexibility index (Phi) is 5.28. The largest absolute Gasteiger partial charge is 0.0616 e. The predicted octanol–water partition coefficient (Wildman–Crippen LogP) is 9.51. The first-order chi connectivity index (χ1) is 14.7. The normalized spacial score (nSPS) is 11.0. The van der Waals surface area contributed by atoms with Crippen LogP contribution in [-0.4, -0.2) is 0 Å². The summed E-state index contributed by atoms with van der Waals surface area (Å²) in [5.74, 6) is 0. The molecule has 0 heterocycles. The third kappa shape index (κ3) is 3.86. The molecule has 144 valence electrons. The van der Waals surface area contributed by atoms with Crippen LogP contribution in [0, 0.1) is 0 Å². The molecule has 6 rings (SSSR count). The maximum absolute atomic E-state index is 3.58. The van der Waals surface area contributed by atoms with Crippen LogP contribution in [0.3, 0.4) is 0 Å². The topological polar surface area (TPSA) is 0 Å². The summed E-state index contributed by atoms with van der Waals surface area (Å²) < 4.78 is 2.29. The summed E-state index contributed by atoms with van der Waals surface area (Å²) in [5.41, 5.74) is 0. The highest BCUT2D eigenvalue weighted by Gasteiger charge is 2.00. The molecular weight excluding hydrogens is 496 g/mol. The Balaban J connectivity index is 0.000000128. The maximum Gasteiger partial charge on any atom is 0.0253 e. The van der Waals surface area contributed by atoms with Crippen molar-refractivity contribution < 1.29 is 0 Å². The van der Waals surface area contributed by atoms with E-state index in [4.69, 9.17) is 0 Å². The third-order valence-electron chi connectivity index (χ3n) is 5.36. The standard InChI is InChI=1S/2C14H9Br/c15-14-7-3-6-12-8-10-4-1-2-5-11(10)9-13(12)14;15-14-6-5-12-7-10-3-1-2-4-11(10)8-13(12)9-14/h2*1-9H. The molecule has 0 nitrogen and oxygen atoms in total. The lowest BCUT2D eigenvalue weighted by Gasteiger charge is -2.03. The van der Waals surface area contributed by atoms with Crippen molar-refractivity contribution in [2.24, 2.45) is 0 Å². The molecule has 0 amide bonds. The van der Waals surface area contributed by atoms with E-state index in [1.54, 1.807) is 0 Å². The summed E-state index contributed by atoms with van der Waals surface area (Å²) in [6, 6.07) is 38.5. The van der Waals surface area contributed by atoms with Crippen LogP contribution < -0.4 is 0 Å². The highest BCUT2D eigenvalue weighted by molar-refractivity contribution is 9.11. The molecule has 0 fully saturated rings. The Morgan fingerprint density at radius 2 is 0.867 bits per heavy atom. The van der Waals surface area contributed by atoms with Crippen molar-refractivity contribution in [3.05, 3.63) is 118 Å². The van der Waals surface area contributed by atoms with E-state index < -0.39 is 0 Å². The minimum Gasteiger partial charge on any atom is -0.0616 e. The van der Waals surface area contributed by atoms with Crippen molar-refractivity contribution >= 4 is 74.9 Å². The SMILES string of the molecule is Brc1ccc2cc3ccccc3cc2c1.Brc1cccc2cc3ccccc3cc12. The molecule has 30 heavy (non-hydrogen) atoms. The number of fused-ring (bicyclic) bond motifs is 4. The fraction of sp³-hybridized carbons (Fsp3) is 0. The summed E-state index contributed by atoms with van der Waals surface area (Å²) >= 11 is 7.08. The fourth-order valence-corrected chi connectivity index (χ4v) is 4.71. The molecule has 0 aliphatic heterocycles. The summed E-state index contributed by atoms with van der Waals surface area (Å²) in [4.78, 5) is 0. The van der Waals surface area contributed by atoms with Gasteiger partial charge in [-0.3, -0.25) is 0 Å². The van der Waals surface area contributed by atoms with Gasteiger partial charge in [-0.15, -0.1) is 0 Å². The Bertz CT molecular complexity index is 1500. The molecule has 0 atom stereocenters. The minimum absolute atomic E-state index is 1.13. The summed E-state index contributed by atoms with van der Waals surface area (Å²) in [5, 5.41) is 10.3. The van der Waals surface area contributed by atoms with E-state index in [0.717, 1.165) is 8.95 Å². The zero-order valence-corrected chi connectivity index (χ0v) is 19.3. The lowest BCUT2D eigenvalue weighted by Crippen LogP contribution is -1.76. The Hall–Kier alpha value is -2.68. The second-order valence-corrected chi connectivity index (χ2v) is 9.12. The van der Waals surface area contributed by atoms with Gasteiger partial charge in [0.2, 0.25) is 0 Å². The van der Waals surface area contributed by atoms with Gasteiger partial charge in [0.1, 0.15) is 0 Å².